The van der Waals surface area contributed by atoms with Crippen molar-refractivity contribution in [3.63, 3.8) is 0 Å². The molecule has 1 atom stereocenters. The lowest BCUT2D eigenvalue weighted by molar-refractivity contribution is -0.126. The Hall–Kier alpha value is -4.38. The van der Waals surface area contributed by atoms with Crippen LogP contribution in [0.5, 0.6) is 5.75 Å². The summed E-state index contributed by atoms with van der Waals surface area (Å²) in [5.41, 5.74) is 1.07. The first-order valence-electron chi connectivity index (χ1n) is 14.1. The number of halogens is 2. The summed E-state index contributed by atoms with van der Waals surface area (Å²) in [4.78, 5) is 48.2. The second kappa shape index (κ2) is 11.7. The lowest BCUT2D eigenvalue weighted by atomic mass is 10.0. The maximum Gasteiger partial charge on any atom is 0.354 e. The van der Waals surface area contributed by atoms with Gasteiger partial charge in [0.25, 0.3) is 0 Å². The lowest BCUT2D eigenvalue weighted by Gasteiger charge is -2.40. The number of aromatic hydroxyl groups is 1. The Kier molecular flexibility index (Phi) is 8.20. The first-order chi connectivity index (χ1) is 20.5. The Morgan fingerprint density at radius 1 is 1.14 bits per heavy atom. The van der Waals surface area contributed by atoms with Crippen molar-refractivity contribution < 1.29 is 14.3 Å². The molecule has 43 heavy (non-hydrogen) atoms. The number of piperazine rings is 1. The zero-order valence-electron chi connectivity index (χ0n) is 24.7. The van der Waals surface area contributed by atoms with E-state index in [1.54, 1.807) is 4.90 Å². The van der Waals surface area contributed by atoms with Gasteiger partial charge in [0.05, 0.1) is 44.3 Å². The molecule has 0 aliphatic carbocycles. The molecule has 0 saturated carbocycles. The van der Waals surface area contributed by atoms with Crippen LogP contribution < -0.4 is 10.6 Å². The molecular weight excluding hydrogens is 573 g/mol. The zero-order valence-corrected chi connectivity index (χ0v) is 25.4. The fourth-order valence-electron chi connectivity index (χ4n) is 5.59. The van der Waals surface area contributed by atoms with Gasteiger partial charge in [0, 0.05) is 31.9 Å². The largest absolute Gasteiger partial charge is 0.507 e. The Morgan fingerprint density at radius 3 is 2.40 bits per heavy atom. The van der Waals surface area contributed by atoms with Gasteiger partial charge in [0.1, 0.15) is 23.7 Å². The van der Waals surface area contributed by atoms with Gasteiger partial charge >= 0.3 is 5.69 Å². The topological polar surface area (TPSA) is 117 Å². The van der Waals surface area contributed by atoms with Crippen molar-refractivity contribution >= 4 is 34.2 Å². The molecule has 3 aromatic heterocycles. The fourth-order valence-corrected chi connectivity index (χ4v) is 5.92. The van der Waals surface area contributed by atoms with Crippen LogP contribution >= 0.6 is 11.6 Å². The summed E-state index contributed by atoms with van der Waals surface area (Å²) in [6.45, 7) is 14.5. The predicted molar refractivity (Wildman–Crippen MR) is 165 cm³/mol. The second-order valence-corrected chi connectivity index (χ2v) is 11.6. The summed E-state index contributed by atoms with van der Waals surface area (Å²) in [7, 11) is 0. The van der Waals surface area contributed by atoms with E-state index in [4.69, 9.17) is 11.6 Å². The van der Waals surface area contributed by atoms with Gasteiger partial charge in [-0.05, 0) is 37.0 Å². The van der Waals surface area contributed by atoms with E-state index in [-0.39, 0.29) is 51.3 Å². The van der Waals surface area contributed by atoms with Gasteiger partial charge in [-0.3, -0.25) is 14.3 Å². The van der Waals surface area contributed by atoms with E-state index in [2.05, 4.69) is 26.5 Å². The Labute approximate surface area is 253 Å². The smallest absolute Gasteiger partial charge is 0.354 e. The maximum atomic E-state index is 15.1. The van der Waals surface area contributed by atoms with Crippen molar-refractivity contribution in [1.82, 2.24) is 29.4 Å². The molecule has 4 heterocycles. The molecule has 1 unspecified atom stereocenters. The quantitative estimate of drug-likeness (QED) is 0.298. The fraction of sp³-hybridized carbons (Fsp3) is 0.355. The molecule has 1 N–H and O–H groups in total. The molecule has 1 fully saturated rings. The number of hydrogen-bond donors (Lipinski definition) is 1. The van der Waals surface area contributed by atoms with E-state index in [1.165, 1.54) is 41.4 Å². The number of nitrogens with zero attached hydrogens (tertiary/aromatic N) is 7. The highest BCUT2D eigenvalue weighted by Crippen LogP contribution is 2.41. The van der Waals surface area contributed by atoms with Crippen LogP contribution in [0.3, 0.4) is 0 Å². The molecule has 224 valence electrons. The number of phenolic OH excluding ortho intramolecular Hbond substituents is 1. The number of phenols is 1. The minimum absolute atomic E-state index is 0.0291. The van der Waals surface area contributed by atoms with Crippen LogP contribution in [0.15, 0.2) is 48.2 Å². The summed E-state index contributed by atoms with van der Waals surface area (Å²) < 4.78 is 16.5. The number of anilines is 1. The van der Waals surface area contributed by atoms with Gasteiger partial charge < -0.3 is 14.9 Å². The molecule has 4 aromatic rings. The van der Waals surface area contributed by atoms with Gasteiger partial charge in [-0.25, -0.2) is 19.2 Å². The highest BCUT2D eigenvalue weighted by molar-refractivity contribution is 6.38. The van der Waals surface area contributed by atoms with Gasteiger partial charge in [0.2, 0.25) is 5.91 Å². The summed E-state index contributed by atoms with van der Waals surface area (Å²) in [6, 6.07) is 3.71. The van der Waals surface area contributed by atoms with E-state index in [0.717, 1.165) is 0 Å². The second-order valence-electron chi connectivity index (χ2n) is 11.2. The van der Waals surface area contributed by atoms with Crippen LogP contribution in [-0.4, -0.2) is 66.1 Å². The number of pyridine rings is 1. The van der Waals surface area contributed by atoms with Gasteiger partial charge in [-0.2, -0.15) is 4.98 Å². The van der Waals surface area contributed by atoms with Gasteiger partial charge in [-0.1, -0.05) is 51.9 Å². The Morgan fingerprint density at radius 2 is 1.81 bits per heavy atom. The molecule has 0 radical (unpaired) electrons. The molecule has 0 spiro atoms. The number of benzene rings is 1. The first kappa shape index (κ1) is 30.1. The maximum absolute atomic E-state index is 15.1. The number of fused-ring (bicyclic) bond motifs is 1. The number of carbonyl (C=O) groups excluding carboxylic acids is 1. The minimum atomic E-state index is -0.720. The molecular formula is C31H33ClFN7O3. The molecule has 1 amide bonds. The molecule has 1 aromatic carbocycles. The van der Waals surface area contributed by atoms with Crippen molar-refractivity contribution in [2.45, 2.75) is 52.5 Å². The normalized spacial score (nSPS) is 15.5. The summed E-state index contributed by atoms with van der Waals surface area (Å²) in [5.74, 6) is -1.09. The molecule has 12 heteroatoms. The van der Waals surface area contributed by atoms with E-state index >= 15 is 4.39 Å². The average molecular weight is 606 g/mol. The highest BCUT2D eigenvalue weighted by atomic mass is 35.5. The van der Waals surface area contributed by atoms with Crippen LogP contribution in [0, 0.1) is 5.82 Å². The number of amides is 1. The van der Waals surface area contributed by atoms with E-state index in [9.17, 15) is 14.7 Å². The predicted octanol–water partition coefficient (Wildman–Crippen LogP) is 5.21. The van der Waals surface area contributed by atoms with Crippen molar-refractivity contribution in [3.05, 3.63) is 76.1 Å². The molecule has 0 bridgehead atoms. The van der Waals surface area contributed by atoms with Crippen molar-refractivity contribution in [1.29, 1.82) is 0 Å². The number of carbonyl (C=O) groups is 1. The van der Waals surface area contributed by atoms with Crippen molar-refractivity contribution in [3.8, 4) is 22.7 Å². The lowest BCUT2D eigenvalue weighted by Crippen LogP contribution is -2.54. The van der Waals surface area contributed by atoms with Crippen LogP contribution in [0.4, 0.5) is 10.2 Å². The van der Waals surface area contributed by atoms with Gasteiger partial charge in [0.15, 0.2) is 0 Å². The minimum Gasteiger partial charge on any atom is -0.507 e. The molecule has 10 nitrogen and oxygen atoms in total. The van der Waals surface area contributed by atoms with Crippen LogP contribution in [-0.2, 0) is 4.79 Å². The summed E-state index contributed by atoms with van der Waals surface area (Å²) in [6.07, 6.45) is 4.24. The monoisotopic (exact) mass is 605 g/mol. The SMILES string of the molecule is C=CC(=O)N1CCN(c2nc(=O)n(-c3c(C(C)C)ncnc3C(C)C)c3c(Cl)c(-c4c(O)cccc4F)ncc23)C(C)C1. The summed E-state index contributed by atoms with van der Waals surface area (Å²) >= 11 is 7.09. The zero-order chi connectivity index (χ0) is 31.2. The Balaban J connectivity index is 1.87. The third-order valence-corrected chi connectivity index (χ3v) is 8.02. The van der Waals surface area contributed by atoms with Crippen molar-refractivity contribution in [2.75, 3.05) is 24.5 Å². The molecule has 1 aliphatic rings. The molecule has 5 rings (SSSR count). The number of aromatic nitrogens is 5. The third kappa shape index (κ3) is 5.22. The first-order valence-corrected chi connectivity index (χ1v) is 14.5. The number of rotatable bonds is 6. The number of hydrogen-bond acceptors (Lipinski definition) is 8. The molecule has 1 saturated heterocycles. The van der Waals surface area contributed by atoms with Crippen LogP contribution in [0.1, 0.15) is 57.8 Å². The van der Waals surface area contributed by atoms with E-state index in [0.29, 0.717) is 47.9 Å². The van der Waals surface area contributed by atoms with E-state index in [1.807, 2.05) is 39.5 Å². The Bertz CT molecular complexity index is 1760. The van der Waals surface area contributed by atoms with Crippen LogP contribution in [0.2, 0.25) is 5.02 Å². The van der Waals surface area contributed by atoms with E-state index < -0.39 is 11.5 Å². The highest BCUT2D eigenvalue weighted by Gasteiger charge is 2.32. The standard InChI is InChI=1S/C31H33ClFN7O3/c1-7-22(42)38-11-12-39(18(6)14-38)30-19-13-34-27(23-20(33)9-8-10-21(23)41)24(32)28(19)40(31(43)37-30)29-25(16(2)3)35-15-36-26(29)17(4)5/h7-10,13,15-18,41H,1,11-12,14H2,2-6H3. The molecule has 1 aliphatic heterocycles. The average Bonchev–Trinajstić information content (AvgIpc) is 2.97. The third-order valence-electron chi connectivity index (χ3n) is 7.66. The van der Waals surface area contributed by atoms with Gasteiger partial charge in [-0.15, -0.1) is 0 Å². The van der Waals surface area contributed by atoms with Crippen LogP contribution in [0.25, 0.3) is 27.8 Å². The summed E-state index contributed by atoms with van der Waals surface area (Å²) in [5, 5.41) is 11.0. The van der Waals surface area contributed by atoms with Crippen molar-refractivity contribution in [2.24, 2.45) is 0 Å².